The molecule has 1 aromatic carbocycles. The molecule has 1 saturated heterocycles. The third-order valence-corrected chi connectivity index (χ3v) is 6.20. The van der Waals surface area contributed by atoms with Crippen LogP contribution >= 0.6 is 11.8 Å². The lowest BCUT2D eigenvalue weighted by Crippen LogP contribution is -2.58. The monoisotopic (exact) mass is 507 g/mol. The molecule has 0 bridgehead atoms. The summed E-state index contributed by atoms with van der Waals surface area (Å²) in [7, 11) is 0. The molecule has 192 valence electrons. The fourth-order valence-electron chi connectivity index (χ4n) is 3.69. The fraction of sp³-hybridized carbons (Fsp3) is 0.522. The SMILES string of the molecule is CSCCC(NC(=O)C1CCCN1)C(=O)NC(Cc1ccccc1)C(=O)NC(CC(N)=O)C(=O)O. The maximum absolute atomic E-state index is 13.2. The molecule has 4 amide bonds. The Morgan fingerprint density at radius 3 is 2.29 bits per heavy atom. The molecule has 4 unspecified atom stereocenters. The van der Waals surface area contributed by atoms with Crippen LogP contribution in [0.2, 0.25) is 0 Å². The van der Waals surface area contributed by atoms with Gasteiger partial charge in [0.1, 0.15) is 18.1 Å². The molecular weight excluding hydrogens is 474 g/mol. The van der Waals surface area contributed by atoms with Crippen molar-refractivity contribution in [3.05, 3.63) is 35.9 Å². The molecule has 1 aromatic rings. The summed E-state index contributed by atoms with van der Waals surface area (Å²) in [6, 6.07) is 4.97. The molecule has 7 N–H and O–H groups in total. The fourth-order valence-corrected chi connectivity index (χ4v) is 4.16. The summed E-state index contributed by atoms with van der Waals surface area (Å²) in [6.45, 7) is 0.731. The van der Waals surface area contributed by atoms with Gasteiger partial charge in [0.25, 0.3) is 0 Å². The molecule has 11 nitrogen and oxygen atoms in total. The maximum Gasteiger partial charge on any atom is 0.326 e. The largest absolute Gasteiger partial charge is 0.480 e. The quantitative estimate of drug-likeness (QED) is 0.188. The van der Waals surface area contributed by atoms with Gasteiger partial charge in [0.2, 0.25) is 23.6 Å². The normalized spacial score (nSPS) is 17.6. The van der Waals surface area contributed by atoms with E-state index in [4.69, 9.17) is 5.73 Å². The minimum Gasteiger partial charge on any atom is -0.480 e. The van der Waals surface area contributed by atoms with Gasteiger partial charge in [-0.2, -0.15) is 11.8 Å². The highest BCUT2D eigenvalue weighted by Crippen LogP contribution is 2.09. The van der Waals surface area contributed by atoms with Crippen molar-refractivity contribution in [3.8, 4) is 0 Å². The number of hydrogen-bond acceptors (Lipinski definition) is 7. The first kappa shape index (κ1) is 28.1. The second kappa shape index (κ2) is 14.3. The summed E-state index contributed by atoms with van der Waals surface area (Å²) >= 11 is 1.52. The van der Waals surface area contributed by atoms with Gasteiger partial charge in [-0.15, -0.1) is 0 Å². The van der Waals surface area contributed by atoms with Crippen molar-refractivity contribution in [3.63, 3.8) is 0 Å². The van der Waals surface area contributed by atoms with E-state index in [0.717, 1.165) is 18.5 Å². The third-order valence-electron chi connectivity index (χ3n) is 5.56. The molecule has 35 heavy (non-hydrogen) atoms. The van der Waals surface area contributed by atoms with Gasteiger partial charge in [0.15, 0.2) is 0 Å². The van der Waals surface area contributed by atoms with Gasteiger partial charge in [0.05, 0.1) is 12.5 Å². The molecule has 0 spiro atoms. The van der Waals surface area contributed by atoms with Crippen LogP contribution in [0.15, 0.2) is 30.3 Å². The molecule has 1 fully saturated rings. The molecule has 0 radical (unpaired) electrons. The first-order chi connectivity index (χ1) is 16.7. The molecule has 1 aliphatic heterocycles. The number of thioether (sulfide) groups is 1. The van der Waals surface area contributed by atoms with Crippen molar-refractivity contribution >= 4 is 41.4 Å². The summed E-state index contributed by atoms with van der Waals surface area (Å²) in [5.41, 5.74) is 5.83. The topological polar surface area (TPSA) is 180 Å². The highest BCUT2D eigenvalue weighted by Gasteiger charge is 2.31. The molecule has 0 aromatic heterocycles. The van der Waals surface area contributed by atoms with E-state index in [1.807, 2.05) is 6.26 Å². The smallest absolute Gasteiger partial charge is 0.326 e. The zero-order valence-corrected chi connectivity index (χ0v) is 20.4. The summed E-state index contributed by atoms with van der Waals surface area (Å²) in [5, 5.41) is 20.2. The Bertz CT molecular complexity index is 894. The predicted octanol–water partition coefficient (Wildman–Crippen LogP) is -0.851. The van der Waals surface area contributed by atoms with Gasteiger partial charge in [0, 0.05) is 6.42 Å². The Balaban J connectivity index is 2.18. The number of aliphatic carboxylic acids is 1. The lowest BCUT2D eigenvalue weighted by molar-refractivity contribution is -0.143. The van der Waals surface area contributed by atoms with E-state index in [2.05, 4.69) is 21.3 Å². The average molecular weight is 508 g/mol. The Labute approximate surface area is 208 Å². The van der Waals surface area contributed by atoms with Crippen LogP contribution in [0.25, 0.3) is 0 Å². The van der Waals surface area contributed by atoms with Gasteiger partial charge < -0.3 is 32.1 Å². The summed E-state index contributed by atoms with van der Waals surface area (Å²) in [6.07, 6.45) is 3.27. The summed E-state index contributed by atoms with van der Waals surface area (Å²) < 4.78 is 0. The first-order valence-electron chi connectivity index (χ1n) is 11.4. The molecule has 1 heterocycles. The minimum absolute atomic E-state index is 0.0781. The maximum atomic E-state index is 13.2. The van der Waals surface area contributed by atoms with Crippen molar-refractivity contribution in [2.45, 2.75) is 56.3 Å². The number of carboxylic acid groups (broad SMARTS) is 1. The number of hydrogen-bond donors (Lipinski definition) is 6. The number of nitrogens with two attached hydrogens (primary N) is 1. The van der Waals surface area contributed by atoms with E-state index in [-0.39, 0.29) is 18.4 Å². The predicted molar refractivity (Wildman–Crippen MR) is 131 cm³/mol. The number of benzene rings is 1. The lowest BCUT2D eigenvalue weighted by atomic mass is 10.0. The van der Waals surface area contributed by atoms with Crippen LogP contribution in [-0.4, -0.2) is 77.4 Å². The van der Waals surface area contributed by atoms with Gasteiger partial charge in [-0.3, -0.25) is 19.2 Å². The Kier molecular flexibility index (Phi) is 11.5. The van der Waals surface area contributed by atoms with Crippen LogP contribution in [0.3, 0.4) is 0 Å². The highest BCUT2D eigenvalue weighted by atomic mass is 32.2. The molecule has 12 heteroatoms. The Hall–Kier alpha value is -3.12. The van der Waals surface area contributed by atoms with Crippen LogP contribution in [0.1, 0.15) is 31.2 Å². The van der Waals surface area contributed by atoms with Crippen LogP contribution in [0.5, 0.6) is 0 Å². The van der Waals surface area contributed by atoms with Gasteiger partial charge in [-0.25, -0.2) is 4.79 Å². The van der Waals surface area contributed by atoms with Crippen LogP contribution in [0.4, 0.5) is 0 Å². The van der Waals surface area contributed by atoms with Crippen LogP contribution < -0.4 is 27.0 Å². The van der Waals surface area contributed by atoms with Gasteiger partial charge in [-0.1, -0.05) is 30.3 Å². The van der Waals surface area contributed by atoms with Crippen molar-refractivity contribution < 1.29 is 29.1 Å². The molecule has 4 atom stereocenters. The molecular formula is C23H33N5O6S. The van der Waals surface area contributed by atoms with Crippen molar-refractivity contribution in [1.82, 2.24) is 21.3 Å². The van der Waals surface area contributed by atoms with E-state index >= 15 is 0 Å². The second-order valence-corrected chi connectivity index (χ2v) is 9.30. The Morgan fingerprint density at radius 2 is 1.71 bits per heavy atom. The van der Waals surface area contributed by atoms with Crippen LogP contribution in [0, 0.1) is 0 Å². The average Bonchev–Trinajstić information content (AvgIpc) is 3.36. The van der Waals surface area contributed by atoms with Crippen LogP contribution in [-0.2, 0) is 30.4 Å². The van der Waals surface area contributed by atoms with E-state index in [1.165, 1.54) is 11.8 Å². The first-order valence-corrected chi connectivity index (χ1v) is 12.8. The van der Waals surface area contributed by atoms with E-state index in [9.17, 15) is 29.1 Å². The van der Waals surface area contributed by atoms with E-state index in [1.54, 1.807) is 30.3 Å². The third kappa shape index (κ3) is 9.57. The van der Waals surface area contributed by atoms with Gasteiger partial charge >= 0.3 is 5.97 Å². The molecule has 2 rings (SSSR count). The number of rotatable bonds is 14. The van der Waals surface area contributed by atoms with Gasteiger partial charge in [-0.05, 0) is 43.4 Å². The highest BCUT2D eigenvalue weighted by molar-refractivity contribution is 7.98. The number of nitrogens with one attached hydrogen (secondary N) is 4. The van der Waals surface area contributed by atoms with Crippen molar-refractivity contribution in [1.29, 1.82) is 0 Å². The van der Waals surface area contributed by atoms with Crippen molar-refractivity contribution in [2.75, 3.05) is 18.6 Å². The van der Waals surface area contributed by atoms with Crippen molar-refractivity contribution in [2.24, 2.45) is 5.73 Å². The Morgan fingerprint density at radius 1 is 1.06 bits per heavy atom. The molecule has 0 saturated carbocycles. The minimum atomic E-state index is -1.53. The molecule has 1 aliphatic rings. The summed E-state index contributed by atoms with van der Waals surface area (Å²) in [5.74, 6) is -3.31. The number of primary amides is 1. The number of carbonyl (C=O) groups excluding carboxylic acids is 4. The number of carboxylic acids is 1. The number of amides is 4. The lowest BCUT2D eigenvalue weighted by Gasteiger charge is -2.25. The van der Waals surface area contributed by atoms with E-state index in [0.29, 0.717) is 18.6 Å². The zero-order valence-electron chi connectivity index (χ0n) is 19.6. The molecule has 0 aliphatic carbocycles. The standard InChI is InChI=1S/C23H33N5O6S/c1-35-11-9-16(26-20(30)15-8-5-10-25-15)21(31)27-17(12-14-6-3-2-4-7-14)22(32)28-18(23(33)34)13-19(24)29/h2-4,6-7,15-18,25H,5,8-13H2,1H3,(H2,24,29)(H,26,30)(H,27,31)(H,28,32)(H,33,34). The summed E-state index contributed by atoms with van der Waals surface area (Å²) in [4.78, 5) is 61.5. The number of carbonyl (C=O) groups is 5. The van der Waals surface area contributed by atoms with E-state index < -0.39 is 48.2 Å². The zero-order chi connectivity index (χ0) is 25.8. The second-order valence-electron chi connectivity index (χ2n) is 8.31.